The summed E-state index contributed by atoms with van der Waals surface area (Å²) in [6.07, 6.45) is 4.14. The van der Waals surface area contributed by atoms with E-state index in [-0.39, 0.29) is 0 Å². The molecule has 2 aromatic rings. The summed E-state index contributed by atoms with van der Waals surface area (Å²) in [5.74, 6) is 0. The Hall–Kier alpha value is -1.28. The lowest BCUT2D eigenvalue weighted by molar-refractivity contribution is 0.216. The van der Waals surface area contributed by atoms with Gasteiger partial charge in [0.05, 0.1) is 0 Å². The van der Waals surface area contributed by atoms with Crippen LogP contribution in [0.1, 0.15) is 37.4 Å². The first kappa shape index (κ1) is 12.7. The first-order chi connectivity index (χ1) is 9.28. The molecule has 1 aromatic carbocycles. The van der Waals surface area contributed by atoms with Crippen molar-refractivity contribution in [2.45, 2.75) is 46.2 Å². The SMILES string of the molecule is CCn1c(CN2CCCCC2)cc2ccc(C)cc21. The van der Waals surface area contributed by atoms with Gasteiger partial charge in [0.15, 0.2) is 0 Å². The third-order valence-electron chi connectivity index (χ3n) is 4.30. The maximum Gasteiger partial charge on any atom is 0.0485 e. The summed E-state index contributed by atoms with van der Waals surface area (Å²) in [5.41, 5.74) is 4.23. The van der Waals surface area contributed by atoms with Gasteiger partial charge in [0.25, 0.3) is 0 Å². The first-order valence-electron chi connectivity index (χ1n) is 7.59. The number of aryl methyl sites for hydroxylation is 2. The van der Waals surface area contributed by atoms with Crippen molar-refractivity contribution in [1.82, 2.24) is 9.47 Å². The number of piperidine rings is 1. The van der Waals surface area contributed by atoms with E-state index in [1.807, 2.05) is 0 Å². The Morgan fingerprint density at radius 2 is 1.84 bits per heavy atom. The van der Waals surface area contributed by atoms with Gasteiger partial charge in [0.2, 0.25) is 0 Å². The van der Waals surface area contributed by atoms with Crippen LogP contribution in [-0.2, 0) is 13.1 Å². The van der Waals surface area contributed by atoms with Crippen molar-refractivity contribution < 1.29 is 0 Å². The average Bonchev–Trinajstić information content (AvgIpc) is 2.76. The van der Waals surface area contributed by atoms with Crippen molar-refractivity contribution in [2.24, 2.45) is 0 Å². The Morgan fingerprint density at radius 1 is 1.05 bits per heavy atom. The van der Waals surface area contributed by atoms with Crippen molar-refractivity contribution in [3.05, 3.63) is 35.5 Å². The van der Waals surface area contributed by atoms with Crippen molar-refractivity contribution in [2.75, 3.05) is 13.1 Å². The number of hydrogen-bond acceptors (Lipinski definition) is 1. The lowest BCUT2D eigenvalue weighted by Crippen LogP contribution is -2.29. The summed E-state index contributed by atoms with van der Waals surface area (Å²) in [4.78, 5) is 2.61. The Balaban J connectivity index is 1.93. The second-order valence-corrected chi connectivity index (χ2v) is 5.78. The van der Waals surface area contributed by atoms with Gasteiger partial charge in [-0.25, -0.2) is 0 Å². The molecule has 0 spiro atoms. The molecule has 1 aliphatic rings. The Bertz CT molecular complexity index is 562. The number of aromatic nitrogens is 1. The molecule has 1 aliphatic heterocycles. The number of rotatable bonds is 3. The maximum absolute atomic E-state index is 2.61. The molecule has 2 heterocycles. The van der Waals surface area contributed by atoms with Gasteiger partial charge in [0.1, 0.15) is 0 Å². The predicted octanol–water partition coefficient (Wildman–Crippen LogP) is 3.96. The van der Waals surface area contributed by atoms with Gasteiger partial charge in [-0.15, -0.1) is 0 Å². The summed E-state index contributed by atoms with van der Waals surface area (Å²) in [6, 6.07) is 9.18. The highest BCUT2D eigenvalue weighted by molar-refractivity contribution is 5.82. The van der Waals surface area contributed by atoms with Crippen molar-refractivity contribution >= 4 is 10.9 Å². The number of nitrogens with zero attached hydrogens (tertiary/aromatic N) is 2. The van der Waals surface area contributed by atoms with E-state index >= 15 is 0 Å². The van der Waals surface area contributed by atoms with E-state index < -0.39 is 0 Å². The van der Waals surface area contributed by atoms with Crippen molar-refractivity contribution in [1.29, 1.82) is 0 Å². The molecule has 0 atom stereocenters. The molecule has 3 rings (SSSR count). The molecule has 0 aliphatic carbocycles. The molecule has 2 nitrogen and oxygen atoms in total. The predicted molar refractivity (Wildman–Crippen MR) is 81.5 cm³/mol. The van der Waals surface area contributed by atoms with Crippen LogP contribution in [0.2, 0.25) is 0 Å². The molecule has 0 radical (unpaired) electrons. The minimum atomic E-state index is 1.07. The summed E-state index contributed by atoms with van der Waals surface area (Å²) >= 11 is 0. The van der Waals surface area contributed by atoms with Gasteiger partial charge < -0.3 is 4.57 Å². The van der Waals surface area contributed by atoms with Crippen LogP contribution in [0.25, 0.3) is 10.9 Å². The lowest BCUT2D eigenvalue weighted by atomic mass is 10.1. The second kappa shape index (κ2) is 5.38. The first-order valence-corrected chi connectivity index (χ1v) is 7.59. The smallest absolute Gasteiger partial charge is 0.0485 e. The standard InChI is InChI=1S/C17H24N2/c1-3-19-16(13-18-9-5-4-6-10-18)12-15-8-7-14(2)11-17(15)19/h7-8,11-12H,3-6,9-10,13H2,1-2H3. The average molecular weight is 256 g/mol. The number of benzene rings is 1. The molecule has 0 N–H and O–H groups in total. The molecule has 1 aromatic heterocycles. The Labute approximate surface area is 116 Å². The van der Waals surface area contributed by atoms with Gasteiger partial charge in [0, 0.05) is 24.3 Å². The molecule has 19 heavy (non-hydrogen) atoms. The molecule has 0 unspecified atom stereocenters. The minimum absolute atomic E-state index is 1.07. The van der Waals surface area contributed by atoms with Crippen LogP contribution in [0, 0.1) is 6.92 Å². The van der Waals surface area contributed by atoms with Crippen LogP contribution >= 0.6 is 0 Å². The highest BCUT2D eigenvalue weighted by Gasteiger charge is 2.14. The highest BCUT2D eigenvalue weighted by atomic mass is 15.1. The van der Waals surface area contributed by atoms with Crippen LogP contribution in [0.3, 0.4) is 0 Å². The fourth-order valence-corrected chi connectivity index (χ4v) is 3.27. The Morgan fingerprint density at radius 3 is 2.58 bits per heavy atom. The maximum atomic E-state index is 2.61. The largest absolute Gasteiger partial charge is 0.344 e. The Kier molecular flexibility index (Phi) is 3.61. The molecule has 102 valence electrons. The highest BCUT2D eigenvalue weighted by Crippen LogP contribution is 2.23. The van der Waals surface area contributed by atoms with Crippen LogP contribution in [-0.4, -0.2) is 22.6 Å². The summed E-state index contributed by atoms with van der Waals surface area (Å²) in [5, 5.41) is 1.39. The van der Waals surface area contributed by atoms with Crippen molar-refractivity contribution in [3.63, 3.8) is 0 Å². The van der Waals surface area contributed by atoms with Gasteiger partial charge >= 0.3 is 0 Å². The molecule has 1 fully saturated rings. The molecule has 0 amide bonds. The second-order valence-electron chi connectivity index (χ2n) is 5.78. The molecule has 0 bridgehead atoms. The number of fused-ring (bicyclic) bond motifs is 1. The molecular formula is C17H24N2. The minimum Gasteiger partial charge on any atom is -0.344 e. The third kappa shape index (κ3) is 2.55. The molecule has 2 heteroatoms. The van der Waals surface area contributed by atoms with Crippen molar-refractivity contribution in [3.8, 4) is 0 Å². The molecule has 1 saturated heterocycles. The van der Waals surface area contributed by atoms with E-state index in [9.17, 15) is 0 Å². The zero-order chi connectivity index (χ0) is 13.2. The van der Waals surface area contributed by atoms with Crippen LogP contribution in [0.15, 0.2) is 24.3 Å². The van der Waals surface area contributed by atoms with Gasteiger partial charge in [-0.1, -0.05) is 18.6 Å². The topological polar surface area (TPSA) is 8.17 Å². The van der Waals surface area contributed by atoms with E-state index in [1.165, 1.54) is 54.5 Å². The zero-order valence-electron chi connectivity index (χ0n) is 12.2. The monoisotopic (exact) mass is 256 g/mol. The van der Waals surface area contributed by atoms with Crippen LogP contribution in [0.4, 0.5) is 0 Å². The molecule has 0 saturated carbocycles. The van der Waals surface area contributed by atoms with E-state index in [4.69, 9.17) is 0 Å². The van der Waals surface area contributed by atoms with E-state index in [1.54, 1.807) is 0 Å². The van der Waals surface area contributed by atoms with Gasteiger partial charge in [-0.3, -0.25) is 4.90 Å². The lowest BCUT2D eigenvalue weighted by Gasteiger charge is -2.26. The molecular weight excluding hydrogens is 232 g/mol. The normalized spacial score (nSPS) is 17.2. The van der Waals surface area contributed by atoms with Crippen LogP contribution < -0.4 is 0 Å². The zero-order valence-corrected chi connectivity index (χ0v) is 12.2. The summed E-state index contributed by atoms with van der Waals surface area (Å²) < 4.78 is 2.48. The third-order valence-corrected chi connectivity index (χ3v) is 4.30. The quantitative estimate of drug-likeness (QED) is 0.807. The van der Waals surface area contributed by atoms with E-state index in [0.29, 0.717) is 0 Å². The fraction of sp³-hybridized carbons (Fsp3) is 0.529. The summed E-state index contributed by atoms with van der Waals surface area (Å²) in [7, 11) is 0. The summed E-state index contributed by atoms with van der Waals surface area (Å²) in [6.45, 7) is 9.14. The fourth-order valence-electron chi connectivity index (χ4n) is 3.27. The van der Waals surface area contributed by atoms with Gasteiger partial charge in [-0.05, 0) is 62.9 Å². The van der Waals surface area contributed by atoms with Crippen LogP contribution in [0.5, 0.6) is 0 Å². The van der Waals surface area contributed by atoms with E-state index in [2.05, 4.69) is 47.6 Å². The number of likely N-dealkylation sites (tertiary alicyclic amines) is 1. The van der Waals surface area contributed by atoms with E-state index in [0.717, 1.165) is 13.1 Å². The van der Waals surface area contributed by atoms with Gasteiger partial charge in [-0.2, -0.15) is 0 Å². The number of hydrogen-bond donors (Lipinski definition) is 0.